The molecule has 162 valence electrons. The molecule has 0 aliphatic rings. The van der Waals surface area contributed by atoms with E-state index in [4.69, 9.17) is 21.4 Å². The summed E-state index contributed by atoms with van der Waals surface area (Å²) in [5.41, 5.74) is -3.96. The van der Waals surface area contributed by atoms with Gasteiger partial charge in [0.05, 0.1) is 54.3 Å². The van der Waals surface area contributed by atoms with Gasteiger partial charge in [0.25, 0.3) is 0 Å². The number of rotatable bonds is 2. The quantitative estimate of drug-likeness (QED) is 0.408. The Hall–Kier alpha value is -6.46. The van der Waals surface area contributed by atoms with Crippen LogP contribution in [0.1, 0.15) is 30.5 Å². The van der Waals surface area contributed by atoms with E-state index in [-0.39, 0.29) is 33.1 Å². The van der Waals surface area contributed by atoms with Gasteiger partial charge in [-0.2, -0.15) is 21.0 Å². The van der Waals surface area contributed by atoms with E-state index in [1.807, 2.05) is 0 Å². The fraction of sp³-hybridized carbons (Fsp3) is 0. The maximum absolute atomic E-state index is 9.89. The van der Waals surface area contributed by atoms with Gasteiger partial charge in [0.1, 0.15) is 22.8 Å². The van der Waals surface area contributed by atoms with Gasteiger partial charge in [0, 0.05) is 13.9 Å². The summed E-state index contributed by atoms with van der Waals surface area (Å²) >= 11 is 0. The Morgan fingerprint density at radius 1 is 0.694 bits per heavy atom. The van der Waals surface area contributed by atoms with Gasteiger partial charge in [-0.15, -0.1) is 0 Å². The lowest BCUT2D eigenvalue weighted by atomic mass is 10.0. The molecule has 0 spiro atoms. The molecular weight excluding hydrogens is 452 g/mol. The van der Waals surface area contributed by atoms with Crippen LogP contribution in [0.5, 0.6) is 0 Å². The van der Waals surface area contributed by atoms with Crippen molar-refractivity contribution in [1.82, 2.24) is 19.9 Å². The van der Waals surface area contributed by atoms with Crippen LogP contribution >= 0.6 is 0 Å². The average molecular weight is 466 g/mol. The van der Waals surface area contributed by atoms with Crippen LogP contribution in [0.3, 0.4) is 0 Å². The highest BCUT2D eigenvalue weighted by Crippen LogP contribution is 2.23. The van der Waals surface area contributed by atoms with Crippen molar-refractivity contribution < 1.29 is 8.22 Å². The molecule has 0 radical (unpaired) electrons. The summed E-state index contributed by atoms with van der Waals surface area (Å²) in [5.74, 6) is 0. The number of nitrogens with zero attached hydrogens (tertiary/aromatic N) is 10. The molecule has 0 N–H and O–H groups in total. The molecule has 10 heteroatoms. The molecule has 0 fully saturated rings. The minimum Gasteiger partial charge on any atom is -0.238 e. The third kappa shape index (κ3) is 4.25. The second-order valence-electron chi connectivity index (χ2n) is 6.53. The van der Waals surface area contributed by atoms with E-state index < -0.39 is 69.9 Å². The SMILES string of the molecule is [2H]c1c(C#N)c([2H])c(/C(C#N)=c2\cnc3n/c(=C(/C#N)c4c([2H])c(C#N)c([2H])c([N+]#[C-])c4[2H])cnc3n2)c([2H])c1[N+]#[C-]. The third-order valence-electron chi connectivity index (χ3n) is 4.43. The number of hydrogen-bond acceptors (Lipinski definition) is 8. The Morgan fingerprint density at radius 3 is 1.44 bits per heavy atom. The molecule has 2 aromatic heterocycles. The van der Waals surface area contributed by atoms with Crippen molar-refractivity contribution in [3.8, 4) is 24.3 Å². The minimum absolute atomic E-state index is 0.166. The number of aromatic nitrogens is 4. The Kier molecular flexibility index (Phi) is 4.31. The molecule has 0 saturated heterocycles. The van der Waals surface area contributed by atoms with Crippen LogP contribution in [0.4, 0.5) is 11.4 Å². The normalized spacial score (nSPS) is 13.8. The highest BCUT2D eigenvalue weighted by Gasteiger charge is 2.11. The van der Waals surface area contributed by atoms with Gasteiger partial charge in [-0.1, -0.05) is 0 Å². The van der Waals surface area contributed by atoms with Crippen molar-refractivity contribution in [3.63, 3.8) is 0 Å². The fourth-order valence-corrected chi connectivity index (χ4v) is 2.91. The van der Waals surface area contributed by atoms with E-state index in [9.17, 15) is 21.0 Å². The number of hydrogen-bond donors (Lipinski definition) is 0. The van der Waals surface area contributed by atoms with Gasteiger partial charge in [-0.05, 0) is 47.4 Å². The summed E-state index contributed by atoms with van der Waals surface area (Å²) in [6.07, 6.45) is 2.10. The van der Waals surface area contributed by atoms with E-state index in [1.165, 1.54) is 0 Å². The topological polar surface area (TPSA) is 155 Å². The molecule has 0 saturated carbocycles. The van der Waals surface area contributed by atoms with Gasteiger partial charge >= 0.3 is 0 Å². The Labute approximate surface area is 212 Å². The summed E-state index contributed by atoms with van der Waals surface area (Å²) in [4.78, 5) is 22.8. The zero-order valence-corrected chi connectivity index (χ0v) is 17.6. The van der Waals surface area contributed by atoms with E-state index in [2.05, 4.69) is 29.6 Å². The summed E-state index contributed by atoms with van der Waals surface area (Å²) in [6.45, 7) is 14.6. The Balaban J connectivity index is 2.06. The number of nitriles is 4. The smallest absolute Gasteiger partial charge is 0.198 e. The van der Waals surface area contributed by atoms with Gasteiger partial charge in [0.2, 0.25) is 0 Å². The molecule has 10 nitrogen and oxygen atoms in total. The first-order valence-electron chi connectivity index (χ1n) is 12.5. The third-order valence-corrected chi connectivity index (χ3v) is 4.43. The standard InChI is InChI=1S/C26H8N10/c1-31-19-5-15(9-27)3-17(7-19)21(11-29)23-13-33-26-25(35-23)34-14-24(36-26)22(12-30)18-4-16(10-28)6-20(8-18)32-2/h3-8,13-14H/b23-21-,24-22+/i3D,4D,5D,6D,7D,8D. The monoisotopic (exact) mass is 466 g/mol. The van der Waals surface area contributed by atoms with E-state index in [0.717, 1.165) is 12.4 Å². The van der Waals surface area contributed by atoms with Gasteiger partial charge in [-0.25, -0.2) is 29.6 Å². The van der Waals surface area contributed by atoms with E-state index in [1.54, 1.807) is 24.3 Å². The summed E-state index contributed by atoms with van der Waals surface area (Å²) in [5, 5.41) is 38.2. The van der Waals surface area contributed by atoms with Crippen LogP contribution < -0.4 is 10.7 Å². The predicted octanol–water partition coefficient (Wildman–Crippen LogP) is 2.71. The summed E-state index contributed by atoms with van der Waals surface area (Å²) in [7, 11) is 0. The number of benzene rings is 2. The highest BCUT2D eigenvalue weighted by atomic mass is 15.0. The van der Waals surface area contributed by atoms with Crippen LogP contribution in [-0.2, 0) is 0 Å². The van der Waals surface area contributed by atoms with Crippen LogP contribution in [0, 0.1) is 58.5 Å². The van der Waals surface area contributed by atoms with Crippen molar-refractivity contribution in [3.05, 3.63) is 104 Å². The van der Waals surface area contributed by atoms with Crippen LogP contribution in [-0.4, -0.2) is 19.9 Å². The minimum atomic E-state index is -0.612. The Bertz CT molecular complexity index is 2050. The second kappa shape index (κ2) is 9.58. The molecule has 0 aliphatic heterocycles. The lowest BCUT2D eigenvalue weighted by Crippen LogP contribution is -2.18. The summed E-state index contributed by atoms with van der Waals surface area (Å²) < 4.78 is 49.1. The number of fused-ring (bicyclic) bond motifs is 1. The first-order chi connectivity index (χ1) is 20.1. The molecule has 4 aromatic rings. The molecule has 2 heterocycles. The molecule has 4 rings (SSSR count). The first kappa shape index (κ1) is 16.2. The zero-order chi connectivity index (χ0) is 30.9. The predicted molar refractivity (Wildman–Crippen MR) is 125 cm³/mol. The lowest BCUT2D eigenvalue weighted by molar-refractivity contribution is 1.10. The zero-order valence-electron chi connectivity index (χ0n) is 23.6. The highest BCUT2D eigenvalue weighted by molar-refractivity contribution is 5.81. The van der Waals surface area contributed by atoms with Crippen molar-refractivity contribution in [2.75, 3.05) is 0 Å². The van der Waals surface area contributed by atoms with E-state index in [0.29, 0.717) is 0 Å². The summed E-state index contributed by atoms with van der Waals surface area (Å²) in [6, 6.07) is 3.23. The average Bonchev–Trinajstić information content (AvgIpc) is 2.98. The molecule has 0 bridgehead atoms. The van der Waals surface area contributed by atoms with Crippen LogP contribution in [0.25, 0.3) is 32.1 Å². The van der Waals surface area contributed by atoms with Gasteiger partial charge in [-0.3, -0.25) is 0 Å². The van der Waals surface area contributed by atoms with E-state index >= 15 is 0 Å². The van der Waals surface area contributed by atoms with Crippen molar-refractivity contribution in [1.29, 1.82) is 21.0 Å². The molecule has 0 atom stereocenters. The molecule has 0 amide bonds. The van der Waals surface area contributed by atoms with Crippen molar-refractivity contribution in [2.24, 2.45) is 0 Å². The molecule has 2 aromatic carbocycles. The molecular formula is C26H8N10. The fourth-order valence-electron chi connectivity index (χ4n) is 2.91. The lowest BCUT2D eigenvalue weighted by Gasteiger charge is -2.03. The van der Waals surface area contributed by atoms with Crippen molar-refractivity contribution >= 4 is 33.8 Å². The molecule has 36 heavy (non-hydrogen) atoms. The second-order valence-corrected chi connectivity index (χ2v) is 6.53. The Morgan fingerprint density at radius 2 is 1.11 bits per heavy atom. The van der Waals surface area contributed by atoms with Gasteiger partial charge in [0.15, 0.2) is 22.7 Å². The molecule has 0 unspecified atom stereocenters. The largest absolute Gasteiger partial charge is 0.238 e. The van der Waals surface area contributed by atoms with Crippen molar-refractivity contribution in [2.45, 2.75) is 0 Å². The first-order valence-corrected chi connectivity index (χ1v) is 9.47. The van der Waals surface area contributed by atoms with Crippen LogP contribution in [0.2, 0.25) is 0 Å². The van der Waals surface area contributed by atoms with Crippen LogP contribution in [0.15, 0.2) is 48.6 Å². The van der Waals surface area contributed by atoms with Gasteiger partial charge < -0.3 is 0 Å². The maximum atomic E-state index is 9.89. The maximum Gasteiger partial charge on any atom is 0.198 e. The molecule has 0 aliphatic carbocycles.